The van der Waals surface area contributed by atoms with Gasteiger partial charge < -0.3 is 15.2 Å². The summed E-state index contributed by atoms with van der Waals surface area (Å²) in [5, 5.41) is 15.7. The third kappa shape index (κ3) is 3.34. The molecule has 2 heterocycles. The van der Waals surface area contributed by atoms with Crippen LogP contribution in [0, 0.1) is 29.1 Å². The molecule has 1 aromatic carbocycles. The van der Waals surface area contributed by atoms with E-state index in [0.29, 0.717) is 12.2 Å². The maximum absolute atomic E-state index is 12.4. The molecule has 0 bridgehead atoms. The van der Waals surface area contributed by atoms with Crippen molar-refractivity contribution in [2.45, 2.75) is 19.3 Å². The van der Waals surface area contributed by atoms with Gasteiger partial charge in [0.25, 0.3) is 0 Å². The average Bonchev–Trinajstić information content (AvgIpc) is 3.64. The van der Waals surface area contributed by atoms with Gasteiger partial charge in [-0.3, -0.25) is 9.59 Å². The molecule has 2 N–H and O–H groups in total. The van der Waals surface area contributed by atoms with Gasteiger partial charge in [-0.1, -0.05) is 6.07 Å². The summed E-state index contributed by atoms with van der Waals surface area (Å²) >= 11 is 0. The van der Waals surface area contributed by atoms with Crippen molar-refractivity contribution in [3.05, 3.63) is 48.8 Å². The number of anilines is 2. The van der Waals surface area contributed by atoms with Crippen molar-refractivity contribution in [3.8, 4) is 11.8 Å². The van der Waals surface area contributed by atoms with Crippen LogP contribution < -0.4 is 10.6 Å². The molecule has 2 aromatic heterocycles. The largest absolute Gasteiger partial charge is 0.325 e. The zero-order valence-electron chi connectivity index (χ0n) is 15.6. The number of nitrogens with one attached hydrogen (secondary N) is 2. The number of carbonyl (C=O) groups is 2. The van der Waals surface area contributed by atoms with Crippen molar-refractivity contribution in [1.82, 2.24) is 9.55 Å². The van der Waals surface area contributed by atoms with Gasteiger partial charge in [-0.2, -0.15) is 5.26 Å². The molecule has 2 atom stereocenters. The molecule has 2 saturated carbocycles. The molecule has 2 aliphatic rings. The summed E-state index contributed by atoms with van der Waals surface area (Å²) in [4.78, 5) is 28.6. The maximum atomic E-state index is 12.4. The molecule has 0 aliphatic heterocycles. The van der Waals surface area contributed by atoms with Crippen molar-refractivity contribution in [2.75, 3.05) is 10.6 Å². The van der Waals surface area contributed by atoms with Gasteiger partial charge in [-0.15, -0.1) is 0 Å². The van der Waals surface area contributed by atoms with E-state index in [1.807, 2.05) is 47.2 Å². The molecule has 7 heteroatoms. The second-order valence-electron chi connectivity index (χ2n) is 7.65. The summed E-state index contributed by atoms with van der Waals surface area (Å²) in [6.45, 7) is 0. The fourth-order valence-corrected chi connectivity index (χ4v) is 3.57. The zero-order valence-corrected chi connectivity index (χ0v) is 15.6. The van der Waals surface area contributed by atoms with Gasteiger partial charge in [-0.05, 0) is 43.5 Å². The fraction of sp³-hybridized carbons (Fsp3) is 0.273. The van der Waals surface area contributed by atoms with E-state index < -0.39 is 0 Å². The first-order valence-corrected chi connectivity index (χ1v) is 9.72. The van der Waals surface area contributed by atoms with Crippen LogP contribution in [-0.2, 0) is 9.59 Å². The summed E-state index contributed by atoms with van der Waals surface area (Å²) in [5.41, 5.74) is 2.53. The maximum Gasteiger partial charge on any atom is 0.228 e. The van der Waals surface area contributed by atoms with Crippen molar-refractivity contribution < 1.29 is 9.59 Å². The van der Waals surface area contributed by atoms with E-state index in [1.165, 1.54) is 0 Å². The highest BCUT2D eigenvalue weighted by Crippen LogP contribution is 2.39. The molecule has 0 radical (unpaired) electrons. The molecule has 2 amide bonds. The van der Waals surface area contributed by atoms with E-state index in [9.17, 15) is 9.59 Å². The lowest BCUT2D eigenvalue weighted by molar-refractivity contribution is -0.118. The first-order chi connectivity index (χ1) is 14.1. The first kappa shape index (κ1) is 17.4. The number of benzene rings is 1. The van der Waals surface area contributed by atoms with Crippen LogP contribution in [0.4, 0.5) is 11.5 Å². The molecule has 5 rings (SSSR count). The van der Waals surface area contributed by atoms with Crippen molar-refractivity contribution in [2.24, 2.45) is 17.8 Å². The smallest absolute Gasteiger partial charge is 0.228 e. The number of fused-ring (bicyclic) bond motifs is 1. The Morgan fingerprint density at radius 2 is 2.00 bits per heavy atom. The molecular weight excluding hydrogens is 366 g/mol. The second-order valence-corrected chi connectivity index (χ2v) is 7.65. The van der Waals surface area contributed by atoms with E-state index >= 15 is 0 Å². The van der Waals surface area contributed by atoms with Crippen LogP contribution in [-0.4, -0.2) is 21.4 Å². The Balaban J connectivity index is 1.42. The van der Waals surface area contributed by atoms with Gasteiger partial charge in [0, 0.05) is 29.8 Å². The molecule has 7 nitrogen and oxygen atoms in total. The average molecular weight is 385 g/mol. The molecule has 0 unspecified atom stereocenters. The minimum Gasteiger partial charge on any atom is -0.325 e. The predicted octanol–water partition coefficient (Wildman–Crippen LogP) is 3.47. The van der Waals surface area contributed by atoms with E-state index in [-0.39, 0.29) is 29.6 Å². The Morgan fingerprint density at radius 3 is 2.76 bits per heavy atom. The number of amides is 2. The van der Waals surface area contributed by atoms with E-state index in [1.54, 1.807) is 6.20 Å². The standard InChI is InChI=1S/C22H19N5O2/c23-12-14-10-17(14)22(29)25-18-2-1-3-19-16(18)7-9-27(19)15-6-8-24-20(11-15)26-21(28)13-4-5-13/h1-3,6-9,11,13-14,17H,4-5,10H2,(H,25,29)(H,24,26,28)/t14-,17-/m1/s1. The van der Waals surface area contributed by atoms with Crippen LogP contribution in [0.5, 0.6) is 0 Å². The van der Waals surface area contributed by atoms with Crippen LogP contribution in [0.3, 0.4) is 0 Å². The topological polar surface area (TPSA) is 99.8 Å². The third-order valence-corrected chi connectivity index (χ3v) is 5.50. The lowest BCUT2D eigenvalue weighted by atomic mass is 10.2. The Kier molecular flexibility index (Phi) is 4.06. The van der Waals surface area contributed by atoms with Crippen molar-refractivity contribution in [1.29, 1.82) is 5.26 Å². The number of pyridine rings is 1. The quantitative estimate of drug-likeness (QED) is 0.702. The lowest BCUT2D eigenvalue weighted by Gasteiger charge is -2.10. The third-order valence-electron chi connectivity index (χ3n) is 5.50. The monoisotopic (exact) mass is 385 g/mol. The number of nitrogens with zero attached hydrogens (tertiary/aromatic N) is 3. The van der Waals surface area contributed by atoms with Crippen LogP contribution >= 0.6 is 0 Å². The number of carbonyl (C=O) groups excluding carboxylic acids is 2. The van der Waals surface area contributed by atoms with Crippen LogP contribution in [0.1, 0.15) is 19.3 Å². The van der Waals surface area contributed by atoms with Crippen LogP contribution in [0.2, 0.25) is 0 Å². The normalized spacial score (nSPS) is 20.1. The van der Waals surface area contributed by atoms with Gasteiger partial charge >= 0.3 is 0 Å². The predicted molar refractivity (Wildman–Crippen MR) is 108 cm³/mol. The minimum absolute atomic E-state index is 0.0211. The Morgan fingerprint density at radius 1 is 1.14 bits per heavy atom. The van der Waals surface area contributed by atoms with Gasteiger partial charge in [0.2, 0.25) is 11.8 Å². The van der Waals surface area contributed by atoms with Crippen LogP contribution in [0.15, 0.2) is 48.8 Å². The fourth-order valence-electron chi connectivity index (χ4n) is 3.57. The SMILES string of the molecule is N#C[C@H]1C[C@H]1C(=O)Nc1cccc2c1ccn2-c1ccnc(NC(=O)C2CC2)c1. The number of rotatable bonds is 5. The summed E-state index contributed by atoms with van der Waals surface area (Å²) < 4.78 is 1.99. The highest BCUT2D eigenvalue weighted by Gasteiger charge is 2.43. The minimum atomic E-state index is -0.213. The molecule has 3 aromatic rings. The van der Waals surface area contributed by atoms with Gasteiger partial charge in [-0.25, -0.2) is 4.98 Å². The molecule has 144 valence electrons. The van der Waals surface area contributed by atoms with E-state index in [2.05, 4.69) is 21.7 Å². The molecular formula is C22H19N5O2. The van der Waals surface area contributed by atoms with Gasteiger partial charge in [0.05, 0.1) is 34.8 Å². The van der Waals surface area contributed by atoms with Gasteiger partial charge in [0.1, 0.15) is 5.82 Å². The number of hydrogen-bond donors (Lipinski definition) is 2. The summed E-state index contributed by atoms with van der Waals surface area (Å²) in [5.74, 6) is 0.182. The second kappa shape index (κ2) is 6.74. The molecule has 29 heavy (non-hydrogen) atoms. The summed E-state index contributed by atoms with van der Waals surface area (Å²) in [6, 6.07) is 13.5. The highest BCUT2D eigenvalue weighted by molar-refractivity contribution is 6.03. The molecule has 0 spiro atoms. The Hall–Kier alpha value is -3.66. The summed E-state index contributed by atoms with van der Waals surface area (Å²) in [6.07, 6.45) is 6.12. The van der Waals surface area contributed by atoms with E-state index in [0.717, 1.165) is 35.1 Å². The molecule has 2 aliphatic carbocycles. The van der Waals surface area contributed by atoms with Gasteiger partial charge in [0.15, 0.2) is 0 Å². The lowest BCUT2D eigenvalue weighted by Crippen LogP contribution is -2.14. The van der Waals surface area contributed by atoms with Crippen LogP contribution in [0.25, 0.3) is 16.6 Å². The number of hydrogen-bond acceptors (Lipinski definition) is 4. The van der Waals surface area contributed by atoms with E-state index in [4.69, 9.17) is 5.26 Å². The number of aromatic nitrogens is 2. The molecule has 2 fully saturated rings. The Bertz CT molecular complexity index is 1170. The zero-order chi connectivity index (χ0) is 20.0. The Labute approximate surface area is 167 Å². The van der Waals surface area contributed by atoms with Crippen molar-refractivity contribution >= 4 is 34.2 Å². The first-order valence-electron chi connectivity index (χ1n) is 9.72. The number of nitriles is 1. The van der Waals surface area contributed by atoms with Crippen molar-refractivity contribution in [3.63, 3.8) is 0 Å². The highest BCUT2D eigenvalue weighted by atomic mass is 16.2. The summed E-state index contributed by atoms with van der Waals surface area (Å²) in [7, 11) is 0. The molecule has 0 saturated heterocycles.